The zero-order chi connectivity index (χ0) is 13.7. The summed E-state index contributed by atoms with van der Waals surface area (Å²) in [5, 5.41) is 23.0. The molecule has 3 N–H and O–H groups in total. The molecule has 19 heavy (non-hydrogen) atoms. The number of phenolic OH excluding ortho intramolecular Hbond substituents is 2. The topological polar surface area (TPSA) is 55.7 Å². The summed E-state index contributed by atoms with van der Waals surface area (Å²) in [5.74, 6) is 0.302. The van der Waals surface area contributed by atoms with E-state index in [9.17, 15) is 10.2 Å². The van der Waals surface area contributed by atoms with E-state index in [-0.39, 0.29) is 17.5 Å². The Labute approximate surface area is 115 Å². The molecule has 1 heterocycles. The smallest absolute Gasteiger partial charge is 0.124 e. The zero-order valence-corrected chi connectivity index (χ0v) is 11.6. The second-order valence-electron chi connectivity index (χ2n) is 5.29. The van der Waals surface area contributed by atoms with Crippen LogP contribution in [0.5, 0.6) is 11.5 Å². The van der Waals surface area contributed by atoms with Crippen LogP contribution in [0.3, 0.4) is 0 Å². The maximum Gasteiger partial charge on any atom is 0.124 e. The van der Waals surface area contributed by atoms with E-state index in [4.69, 9.17) is 0 Å². The Morgan fingerprint density at radius 1 is 1.16 bits per heavy atom. The SMILES string of the molecule is CC(NCCN1CCCCC1)c1c(O)cccc1O. The van der Waals surface area contributed by atoms with Gasteiger partial charge in [-0.05, 0) is 45.0 Å². The summed E-state index contributed by atoms with van der Waals surface area (Å²) in [6.45, 7) is 6.24. The molecule has 2 rings (SSSR count). The lowest BCUT2D eigenvalue weighted by molar-refractivity contribution is 0.226. The molecule has 1 atom stereocenters. The average Bonchev–Trinajstić information content (AvgIpc) is 2.40. The van der Waals surface area contributed by atoms with Crippen LogP contribution in [0.25, 0.3) is 0 Å². The van der Waals surface area contributed by atoms with Gasteiger partial charge in [-0.2, -0.15) is 0 Å². The van der Waals surface area contributed by atoms with Crippen LogP contribution >= 0.6 is 0 Å². The van der Waals surface area contributed by atoms with Crippen LogP contribution in [-0.4, -0.2) is 41.3 Å². The van der Waals surface area contributed by atoms with Crippen LogP contribution in [0.4, 0.5) is 0 Å². The van der Waals surface area contributed by atoms with E-state index in [1.165, 1.54) is 32.4 Å². The van der Waals surface area contributed by atoms with E-state index >= 15 is 0 Å². The summed E-state index contributed by atoms with van der Waals surface area (Å²) in [5.41, 5.74) is 0.584. The van der Waals surface area contributed by atoms with E-state index < -0.39 is 0 Å². The highest BCUT2D eigenvalue weighted by Crippen LogP contribution is 2.31. The van der Waals surface area contributed by atoms with Crippen LogP contribution < -0.4 is 5.32 Å². The highest BCUT2D eigenvalue weighted by Gasteiger charge is 2.15. The van der Waals surface area contributed by atoms with Gasteiger partial charge < -0.3 is 20.4 Å². The number of aromatic hydroxyl groups is 2. The van der Waals surface area contributed by atoms with E-state index in [2.05, 4.69) is 10.2 Å². The third-order valence-electron chi connectivity index (χ3n) is 3.82. The highest BCUT2D eigenvalue weighted by atomic mass is 16.3. The van der Waals surface area contributed by atoms with Gasteiger partial charge >= 0.3 is 0 Å². The zero-order valence-electron chi connectivity index (χ0n) is 11.6. The molecule has 4 nitrogen and oxygen atoms in total. The molecule has 1 fully saturated rings. The van der Waals surface area contributed by atoms with Crippen molar-refractivity contribution in [3.05, 3.63) is 23.8 Å². The Bertz CT molecular complexity index is 383. The molecule has 0 amide bonds. The van der Waals surface area contributed by atoms with Crippen molar-refractivity contribution < 1.29 is 10.2 Å². The normalized spacial score (nSPS) is 18.4. The molecule has 0 aromatic heterocycles. The van der Waals surface area contributed by atoms with Crippen molar-refractivity contribution in [3.8, 4) is 11.5 Å². The monoisotopic (exact) mass is 264 g/mol. The van der Waals surface area contributed by atoms with Gasteiger partial charge in [0.05, 0.1) is 5.56 Å². The number of nitrogens with zero attached hydrogens (tertiary/aromatic N) is 1. The predicted octanol–water partition coefficient (Wildman–Crippen LogP) is 2.23. The van der Waals surface area contributed by atoms with Crippen LogP contribution in [0.2, 0.25) is 0 Å². The molecule has 106 valence electrons. The lowest BCUT2D eigenvalue weighted by Crippen LogP contribution is -2.36. The average molecular weight is 264 g/mol. The van der Waals surface area contributed by atoms with E-state index in [1.807, 2.05) is 6.92 Å². The Kier molecular flexibility index (Phi) is 5.05. The fraction of sp³-hybridized carbons (Fsp3) is 0.600. The molecule has 4 heteroatoms. The van der Waals surface area contributed by atoms with Crippen LogP contribution in [-0.2, 0) is 0 Å². The first kappa shape index (κ1) is 14.2. The van der Waals surface area contributed by atoms with Gasteiger partial charge in [-0.25, -0.2) is 0 Å². The van der Waals surface area contributed by atoms with Crippen LogP contribution in [0, 0.1) is 0 Å². The lowest BCUT2D eigenvalue weighted by Gasteiger charge is -2.27. The number of piperidine rings is 1. The third-order valence-corrected chi connectivity index (χ3v) is 3.82. The maximum absolute atomic E-state index is 9.80. The minimum atomic E-state index is -0.0500. The van der Waals surface area contributed by atoms with Gasteiger partial charge in [0.1, 0.15) is 11.5 Å². The van der Waals surface area contributed by atoms with Crippen molar-refractivity contribution in [3.63, 3.8) is 0 Å². The maximum atomic E-state index is 9.80. The second kappa shape index (κ2) is 6.78. The molecule has 0 bridgehead atoms. The molecule has 1 aliphatic heterocycles. The number of hydrogen-bond donors (Lipinski definition) is 3. The van der Waals surface area contributed by atoms with Gasteiger partial charge in [-0.3, -0.25) is 0 Å². The first-order valence-electron chi connectivity index (χ1n) is 7.15. The summed E-state index contributed by atoms with van der Waals surface area (Å²) in [4.78, 5) is 2.47. The van der Waals surface area contributed by atoms with E-state index in [0.717, 1.165) is 13.1 Å². The number of hydrogen-bond acceptors (Lipinski definition) is 4. The van der Waals surface area contributed by atoms with Crippen molar-refractivity contribution >= 4 is 0 Å². The minimum Gasteiger partial charge on any atom is -0.507 e. The molecule has 1 aromatic rings. The molecular weight excluding hydrogens is 240 g/mol. The van der Waals surface area contributed by atoms with Gasteiger partial charge in [0.25, 0.3) is 0 Å². The molecule has 1 saturated heterocycles. The lowest BCUT2D eigenvalue weighted by atomic mass is 10.1. The van der Waals surface area contributed by atoms with Gasteiger partial charge in [0, 0.05) is 19.1 Å². The minimum absolute atomic E-state index is 0.0500. The number of phenols is 2. The van der Waals surface area contributed by atoms with Crippen molar-refractivity contribution in [2.75, 3.05) is 26.2 Å². The summed E-state index contributed by atoms with van der Waals surface area (Å²) in [6.07, 6.45) is 3.96. The summed E-state index contributed by atoms with van der Waals surface area (Å²) < 4.78 is 0. The third kappa shape index (κ3) is 3.85. The Morgan fingerprint density at radius 2 is 1.79 bits per heavy atom. The number of nitrogens with one attached hydrogen (secondary N) is 1. The molecule has 1 unspecified atom stereocenters. The quantitative estimate of drug-likeness (QED) is 0.763. The highest BCUT2D eigenvalue weighted by molar-refractivity contribution is 5.44. The van der Waals surface area contributed by atoms with Gasteiger partial charge in [-0.15, -0.1) is 0 Å². The predicted molar refractivity (Wildman–Crippen MR) is 76.5 cm³/mol. The van der Waals surface area contributed by atoms with Gasteiger partial charge in [0.2, 0.25) is 0 Å². The molecular formula is C15H24N2O2. The molecule has 1 aromatic carbocycles. The fourth-order valence-electron chi connectivity index (χ4n) is 2.71. The van der Waals surface area contributed by atoms with Crippen LogP contribution in [0.15, 0.2) is 18.2 Å². The number of benzene rings is 1. The second-order valence-corrected chi connectivity index (χ2v) is 5.29. The molecule has 0 radical (unpaired) electrons. The van der Waals surface area contributed by atoms with Crippen LogP contribution in [0.1, 0.15) is 37.8 Å². The largest absolute Gasteiger partial charge is 0.507 e. The standard InChI is InChI=1S/C15H24N2O2/c1-12(15-13(18)6-5-7-14(15)19)16-8-11-17-9-3-2-4-10-17/h5-7,12,16,18-19H,2-4,8-11H2,1H3. The van der Waals surface area contributed by atoms with E-state index in [0.29, 0.717) is 5.56 Å². The Morgan fingerprint density at radius 3 is 2.42 bits per heavy atom. The van der Waals surface area contributed by atoms with E-state index in [1.54, 1.807) is 18.2 Å². The van der Waals surface area contributed by atoms with Crippen molar-refractivity contribution in [2.24, 2.45) is 0 Å². The van der Waals surface area contributed by atoms with Crippen molar-refractivity contribution in [1.29, 1.82) is 0 Å². The summed E-state index contributed by atoms with van der Waals surface area (Å²) in [6, 6.07) is 4.82. The molecule has 1 aliphatic rings. The van der Waals surface area contributed by atoms with Gasteiger partial charge in [0.15, 0.2) is 0 Å². The Balaban J connectivity index is 1.82. The summed E-state index contributed by atoms with van der Waals surface area (Å²) >= 11 is 0. The Hall–Kier alpha value is -1.26. The summed E-state index contributed by atoms with van der Waals surface area (Å²) in [7, 11) is 0. The first-order valence-corrected chi connectivity index (χ1v) is 7.15. The van der Waals surface area contributed by atoms with Crippen molar-refractivity contribution in [2.45, 2.75) is 32.2 Å². The number of rotatable bonds is 5. The first-order chi connectivity index (χ1) is 9.18. The molecule has 0 aliphatic carbocycles. The molecule has 0 spiro atoms. The van der Waals surface area contributed by atoms with Crippen molar-refractivity contribution in [1.82, 2.24) is 10.2 Å². The molecule has 0 saturated carbocycles. The number of likely N-dealkylation sites (tertiary alicyclic amines) is 1. The fourth-order valence-corrected chi connectivity index (χ4v) is 2.71. The van der Waals surface area contributed by atoms with Gasteiger partial charge in [-0.1, -0.05) is 12.5 Å².